The van der Waals surface area contributed by atoms with Gasteiger partial charge in [0.1, 0.15) is 6.10 Å². The highest BCUT2D eigenvalue weighted by molar-refractivity contribution is 5.97. The van der Waals surface area contributed by atoms with Crippen LogP contribution in [0.4, 0.5) is 13.2 Å². The van der Waals surface area contributed by atoms with Gasteiger partial charge in [-0.25, -0.2) is 0 Å². The van der Waals surface area contributed by atoms with Gasteiger partial charge in [-0.05, 0) is 43.2 Å². The van der Waals surface area contributed by atoms with Crippen molar-refractivity contribution in [2.24, 2.45) is 16.3 Å². The third-order valence-corrected chi connectivity index (χ3v) is 8.61. The highest BCUT2D eigenvalue weighted by atomic mass is 19.4. The number of hydrogen-bond acceptors (Lipinski definition) is 6. The summed E-state index contributed by atoms with van der Waals surface area (Å²) in [6, 6.07) is 1.14. The van der Waals surface area contributed by atoms with E-state index < -0.39 is 17.2 Å². The smallest absolute Gasteiger partial charge is 0.379 e. The highest BCUT2D eigenvalue weighted by Gasteiger charge is 2.61. The number of nitrogens with zero attached hydrogens (tertiary/aromatic N) is 3. The fraction of sp³-hybridized carbons (Fsp3) is 0.731. The molecule has 1 aromatic heterocycles. The first-order valence-electron chi connectivity index (χ1n) is 12.9. The summed E-state index contributed by atoms with van der Waals surface area (Å²) in [5, 5.41) is 0. The molecular formula is C26H32F3N3O4. The molecule has 0 spiro atoms. The summed E-state index contributed by atoms with van der Waals surface area (Å²) in [6.07, 6.45) is 1.45. The third kappa shape index (κ3) is 4.35. The maximum atomic E-state index is 14.1. The Bertz CT molecular complexity index is 1060. The first kappa shape index (κ1) is 24.3. The van der Waals surface area contributed by atoms with E-state index in [1.54, 1.807) is 12.0 Å². The lowest BCUT2D eigenvalue weighted by atomic mass is 9.78. The van der Waals surface area contributed by atoms with E-state index in [9.17, 15) is 18.0 Å². The van der Waals surface area contributed by atoms with Crippen molar-refractivity contribution in [1.29, 1.82) is 0 Å². The van der Waals surface area contributed by atoms with E-state index in [2.05, 4.69) is 4.98 Å². The van der Waals surface area contributed by atoms with Crippen molar-refractivity contribution in [3.8, 4) is 0 Å². The van der Waals surface area contributed by atoms with Crippen molar-refractivity contribution in [3.05, 3.63) is 29.1 Å². The zero-order valence-corrected chi connectivity index (χ0v) is 20.4. The molecule has 36 heavy (non-hydrogen) atoms. The SMILES string of the molecule is COC1COCCC1N=C1C[C@H]2OC(C3CC3)C[C@@]2(C(=O)N2CCc3ncc(C(F)(F)F)cc3C2)C1. The summed E-state index contributed by atoms with van der Waals surface area (Å²) >= 11 is 0. The summed E-state index contributed by atoms with van der Waals surface area (Å²) in [5.41, 5.74) is 0.622. The summed E-state index contributed by atoms with van der Waals surface area (Å²) in [5.74, 6) is 0.494. The molecule has 1 amide bonds. The standard InChI is InChI=1S/C26H32F3N3O4/c1-34-22-14-35-7-5-20(22)31-18-9-23-25(10-18,11-21(36-23)15-2-3-15)24(33)32-6-4-19-16(13-32)8-17(12-30-19)26(27,28)29/h8,12,15,20-23H,2-7,9-11,13-14H2,1H3/t20?,21?,22?,23-,25+/m1/s1. The fourth-order valence-electron chi connectivity index (χ4n) is 6.48. The van der Waals surface area contributed by atoms with Crippen molar-refractivity contribution in [2.45, 2.75) is 82.0 Å². The van der Waals surface area contributed by atoms with E-state index >= 15 is 0 Å². The molecule has 0 radical (unpaired) electrons. The second kappa shape index (κ2) is 9.06. The second-order valence-corrected chi connectivity index (χ2v) is 10.9. The Morgan fingerprint density at radius 1 is 1.31 bits per heavy atom. The molecule has 5 atom stereocenters. The van der Waals surface area contributed by atoms with Crippen LogP contribution in [0.2, 0.25) is 0 Å². The molecule has 3 unspecified atom stereocenters. The number of carbonyl (C=O) groups is 1. The average molecular weight is 508 g/mol. The molecule has 0 bridgehead atoms. The monoisotopic (exact) mass is 507 g/mol. The lowest BCUT2D eigenvalue weighted by Crippen LogP contribution is -2.48. The number of alkyl halides is 3. The Morgan fingerprint density at radius 3 is 2.89 bits per heavy atom. The summed E-state index contributed by atoms with van der Waals surface area (Å²) in [4.78, 5) is 25.0. The number of aliphatic imine (C=N–C) groups is 1. The Kier molecular flexibility index (Phi) is 6.12. The number of pyridine rings is 1. The van der Waals surface area contributed by atoms with Gasteiger partial charge in [-0.15, -0.1) is 0 Å². The van der Waals surface area contributed by atoms with Crippen LogP contribution in [0, 0.1) is 11.3 Å². The van der Waals surface area contributed by atoms with Crippen LogP contribution in [0.1, 0.15) is 55.3 Å². The molecule has 2 aliphatic carbocycles. The molecule has 0 N–H and O–H groups in total. The first-order valence-corrected chi connectivity index (χ1v) is 12.9. The minimum atomic E-state index is -4.46. The van der Waals surface area contributed by atoms with Crippen LogP contribution in [0.15, 0.2) is 17.3 Å². The van der Waals surface area contributed by atoms with Gasteiger partial charge in [-0.2, -0.15) is 13.2 Å². The molecule has 0 aromatic carbocycles. The molecule has 10 heteroatoms. The number of aromatic nitrogens is 1. The van der Waals surface area contributed by atoms with Crippen LogP contribution in [0.5, 0.6) is 0 Å². The van der Waals surface area contributed by atoms with E-state index in [0.717, 1.165) is 37.2 Å². The van der Waals surface area contributed by atoms with Gasteiger partial charge in [0.25, 0.3) is 0 Å². The van der Waals surface area contributed by atoms with Gasteiger partial charge in [-0.1, -0.05) is 0 Å². The van der Waals surface area contributed by atoms with Gasteiger partial charge in [0.2, 0.25) is 5.91 Å². The molecule has 4 heterocycles. The number of carbonyl (C=O) groups excluding carboxylic acids is 1. The third-order valence-electron chi connectivity index (χ3n) is 8.61. The van der Waals surface area contributed by atoms with Crippen molar-refractivity contribution in [3.63, 3.8) is 0 Å². The first-order chi connectivity index (χ1) is 17.3. The van der Waals surface area contributed by atoms with Gasteiger partial charge in [0, 0.05) is 63.7 Å². The van der Waals surface area contributed by atoms with E-state index in [0.29, 0.717) is 62.6 Å². The Hall–Kier alpha value is -2.04. The predicted octanol–water partition coefficient (Wildman–Crippen LogP) is 3.58. The Labute approximate surface area is 208 Å². The number of fused-ring (bicyclic) bond motifs is 2. The van der Waals surface area contributed by atoms with Crippen LogP contribution in [-0.2, 0) is 38.1 Å². The summed E-state index contributed by atoms with van der Waals surface area (Å²) < 4.78 is 57.4. The summed E-state index contributed by atoms with van der Waals surface area (Å²) in [7, 11) is 1.66. The van der Waals surface area contributed by atoms with Crippen LogP contribution < -0.4 is 0 Å². The molecule has 2 saturated heterocycles. The lowest BCUT2D eigenvalue weighted by molar-refractivity contribution is -0.145. The molecule has 6 rings (SSSR count). The highest BCUT2D eigenvalue weighted by Crippen LogP contribution is 2.55. The number of ether oxygens (including phenoxy) is 3. The zero-order valence-electron chi connectivity index (χ0n) is 20.4. The quantitative estimate of drug-likeness (QED) is 0.623. The Balaban J connectivity index is 1.25. The van der Waals surface area contributed by atoms with Crippen molar-refractivity contribution < 1.29 is 32.2 Å². The molecule has 7 nitrogen and oxygen atoms in total. The van der Waals surface area contributed by atoms with Gasteiger partial charge in [-0.3, -0.25) is 14.8 Å². The maximum Gasteiger partial charge on any atom is 0.417 e. The number of rotatable bonds is 4. The van der Waals surface area contributed by atoms with Crippen molar-refractivity contribution in [2.75, 3.05) is 26.9 Å². The topological polar surface area (TPSA) is 73.2 Å². The van der Waals surface area contributed by atoms with Gasteiger partial charge >= 0.3 is 6.18 Å². The minimum absolute atomic E-state index is 0.00214. The van der Waals surface area contributed by atoms with Gasteiger partial charge in [0.05, 0.1) is 35.8 Å². The molecular weight excluding hydrogens is 475 g/mol. The van der Waals surface area contributed by atoms with Gasteiger partial charge < -0.3 is 19.1 Å². The minimum Gasteiger partial charge on any atom is -0.379 e. The van der Waals surface area contributed by atoms with E-state index in [1.807, 2.05) is 0 Å². The number of amides is 1. The van der Waals surface area contributed by atoms with Crippen LogP contribution in [0.3, 0.4) is 0 Å². The molecule has 2 saturated carbocycles. The average Bonchev–Trinajstić information content (AvgIpc) is 3.57. The second-order valence-electron chi connectivity index (χ2n) is 10.9. The number of halogens is 3. The largest absolute Gasteiger partial charge is 0.417 e. The maximum absolute atomic E-state index is 14.1. The zero-order chi connectivity index (χ0) is 25.1. The molecule has 4 fully saturated rings. The normalized spacial score (nSPS) is 35.7. The van der Waals surface area contributed by atoms with E-state index in [4.69, 9.17) is 19.2 Å². The van der Waals surface area contributed by atoms with Gasteiger partial charge in [0.15, 0.2) is 0 Å². The fourth-order valence-corrected chi connectivity index (χ4v) is 6.48. The van der Waals surface area contributed by atoms with Crippen LogP contribution in [-0.4, -0.2) is 72.7 Å². The number of hydrogen-bond donors (Lipinski definition) is 0. The van der Waals surface area contributed by atoms with Crippen molar-refractivity contribution >= 4 is 11.6 Å². The van der Waals surface area contributed by atoms with Crippen LogP contribution in [0.25, 0.3) is 0 Å². The van der Waals surface area contributed by atoms with Crippen LogP contribution >= 0.6 is 0 Å². The molecule has 3 aliphatic heterocycles. The summed E-state index contributed by atoms with van der Waals surface area (Å²) in [6.45, 7) is 1.74. The van der Waals surface area contributed by atoms with E-state index in [-0.39, 0.29) is 36.8 Å². The molecule has 5 aliphatic rings. The lowest BCUT2D eigenvalue weighted by Gasteiger charge is -2.36. The Morgan fingerprint density at radius 2 is 2.14 bits per heavy atom. The van der Waals surface area contributed by atoms with E-state index in [1.165, 1.54) is 0 Å². The molecule has 196 valence electrons. The van der Waals surface area contributed by atoms with Crippen molar-refractivity contribution in [1.82, 2.24) is 9.88 Å². The predicted molar refractivity (Wildman–Crippen MR) is 123 cm³/mol. The molecule has 1 aromatic rings. The number of methoxy groups -OCH3 is 1.